The Morgan fingerprint density at radius 2 is 2.23 bits per heavy atom. The van der Waals surface area contributed by atoms with Crippen molar-refractivity contribution in [1.29, 1.82) is 0 Å². The Bertz CT molecular complexity index is 1060. The summed E-state index contributed by atoms with van der Waals surface area (Å²) in [5.74, 6) is 1.62. The van der Waals surface area contributed by atoms with Crippen LogP contribution in [-0.4, -0.2) is 60.7 Å². The van der Waals surface area contributed by atoms with Gasteiger partial charge in [-0.05, 0) is 18.8 Å². The van der Waals surface area contributed by atoms with Crippen LogP contribution >= 0.6 is 0 Å². The van der Waals surface area contributed by atoms with Gasteiger partial charge >= 0.3 is 0 Å². The maximum Gasteiger partial charge on any atom is 0.278 e. The highest BCUT2D eigenvalue weighted by Crippen LogP contribution is 2.34. The normalized spacial score (nSPS) is 15.9. The molecule has 10 nitrogen and oxygen atoms in total. The second-order valence-electron chi connectivity index (χ2n) is 8.10. The first-order valence-electron chi connectivity index (χ1n) is 10.3. The van der Waals surface area contributed by atoms with Crippen LogP contribution in [0, 0.1) is 5.92 Å². The quantitative estimate of drug-likeness (QED) is 0.580. The molecule has 1 saturated carbocycles. The van der Waals surface area contributed by atoms with Gasteiger partial charge in [0.15, 0.2) is 11.5 Å². The van der Waals surface area contributed by atoms with Crippen LogP contribution in [-0.2, 0) is 37.8 Å². The van der Waals surface area contributed by atoms with Gasteiger partial charge in [-0.2, -0.15) is 15.2 Å². The van der Waals surface area contributed by atoms with Crippen LogP contribution < -0.4 is 0 Å². The first-order valence-corrected chi connectivity index (χ1v) is 10.3. The van der Waals surface area contributed by atoms with Crippen molar-refractivity contribution in [3.05, 3.63) is 35.0 Å². The van der Waals surface area contributed by atoms with Crippen LogP contribution in [0.15, 0.2) is 16.9 Å². The van der Waals surface area contributed by atoms with E-state index in [9.17, 15) is 4.79 Å². The Morgan fingerprint density at radius 1 is 1.37 bits per heavy atom. The minimum atomic E-state index is -0.0862. The molecule has 4 heterocycles. The summed E-state index contributed by atoms with van der Waals surface area (Å²) in [6, 6.07) is 0. The largest absolute Gasteiger partial charge is 0.376 e. The number of carbonyl (C=O) groups excluding carboxylic acids is 1. The highest BCUT2D eigenvalue weighted by Gasteiger charge is 2.29. The smallest absolute Gasteiger partial charge is 0.278 e. The molecule has 0 atom stereocenters. The van der Waals surface area contributed by atoms with E-state index in [1.165, 1.54) is 18.5 Å². The topological polar surface area (TPSA) is 104 Å². The number of amides is 1. The molecule has 0 saturated heterocycles. The lowest BCUT2D eigenvalue weighted by atomic mass is 10.1. The molecule has 1 aliphatic carbocycles. The summed E-state index contributed by atoms with van der Waals surface area (Å²) in [5, 5.41) is 12.9. The lowest BCUT2D eigenvalue weighted by Gasteiger charge is -2.14. The molecule has 0 bridgehead atoms. The van der Waals surface area contributed by atoms with Crippen LogP contribution in [0.2, 0.25) is 0 Å². The second kappa shape index (κ2) is 7.67. The molecule has 3 aromatic rings. The number of hydrogen-bond acceptors (Lipinski definition) is 7. The molecule has 0 unspecified atom stereocenters. The highest BCUT2D eigenvalue weighted by molar-refractivity contribution is 5.93. The number of carbonyl (C=O) groups is 1. The summed E-state index contributed by atoms with van der Waals surface area (Å²) in [7, 11) is 3.54. The first-order chi connectivity index (χ1) is 14.6. The molecule has 1 fully saturated rings. The Balaban J connectivity index is 1.28. The fourth-order valence-electron chi connectivity index (χ4n) is 3.75. The van der Waals surface area contributed by atoms with Gasteiger partial charge in [0.1, 0.15) is 0 Å². The number of ether oxygens (including phenoxy) is 1. The maximum absolute atomic E-state index is 12.4. The molecule has 3 aromatic heterocycles. The standard InChI is InChI=1S/C20H25N7O3/c1-25(20(28)14-9-21-26(2)11-14)7-5-17-22-19(30-24-17)18-15-12-29-8-6-16(15)27(23-18)10-13-3-4-13/h9,11,13H,3-8,10,12H2,1-2H3. The van der Waals surface area contributed by atoms with Crippen molar-refractivity contribution in [1.82, 2.24) is 34.6 Å². The fourth-order valence-corrected chi connectivity index (χ4v) is 3.75. The van der Waals surface area contributed by atoms with E-state index in [-0.39, 0.29) is 5.91 Å². The number of aromatic nitrogens is 6. The molecule has 0 N–H and O–H groups in total. The van der Waals surface area contributed by atoms with Crippen molar-refractivity contribution in [2.45, 2.75) is 38.8 Å². The summed E-state index contributed by atoms with van der Waals surface area (Å²) in [4.78, 5) is 18.6. The van der Waals surface area contributed by atoms with E-state index in [1.807, 2.05) is 0 Å². The molecule has 2 aliphatic rings. The van der Waals surface area contributed by atoms with E-state index >= 15 is 0 Å². The SMILES string of the molecule is CN(CCc1noc(-c2nn(CC3CC3)c3c2COCC3)n1)C(=O)c1cnn(C)c1. The molecule has 0 radical (unpaired) electrons. The lowest BCUT2D eigenvalue weighted by molar-refractivity contribution is 0.0795. The molecule has 30 heavy (non-hydrogen) atoms. The van der Waals surface area contributed by atoms with Crippen molar-refractivity contribution < 1.29 is 14.1 Å². The molecule has 0 aromatic carbocycles. The van der Waals surface area contributed by atoms with Crippen molar-refractivity contribution in [2.24, 2.45) is 13.0 Å². The average molecular weight is 411 g/mol. The Kier molecular flexibility index (Phi) is 4.86. The molecule has 1 amide bonds. The molecular weight excluding hydrogens is 386 g/mol. The van der Waals surface area contributed by atoms with Gasteiger partial charge in [-0.15, -0.1) is 0 Å². The average Bonchev–Trinajstić information content (AvgIpc) is 3.13. The van der Waals surface area contributed by atoms with Gasteiger partial charge in [0.05, 0.1) is 25.0 Å². The predicted molar refractivity (Wildman–Crippen MR) is 105 cm³/mol. The monoisotopic (exact) mass is 411 g/mol. The lowest BCUT2D eigenvalue weighted by Crippen LogP contribution is -2.28. The minimum absolute atomic E-state index is 0.0862. The Morgan fingerprint density at radius 3 is 3.00 bits per heavy atom. The number of aryl methyl sites for hydroxylation is 1. The van der Waals surface area contributed by atoms with E-state index in [2.05, 4.69) is 19.9 Å². The zero-order valence-corrected chi connectivity index (χ0v) is 17.2. The molecule has 0 spiro atoms. The third-order valence-corrected chi connectivity index (χ3v) is 5.66. The van der Waals surface area contributed by atoms with Crippen molar-refractivity contribution in [3.63, 3.8) is 0 Å². The molecule has 5 rings (SSSR count). The van der Waals surface area contributed by atoms with Crippen LogP contribution in [0.25, 0.3) is 11.6 Å². The van der Waals surface area contributed by atoms with Gasteiger partial charge in [0.25, 0.3) is 11.8 Å². The summed E-state index contributed by atoms with van der Waals surface area (Å²) in [6.45, 7) is 2.67. The third kappa shape index (κ3) is 3.74. The predicted octanol–water partition coefficient (Wildman–Crippen LogP) is 1.46. The van der Waals surface area contributed by atoms with Crippen LogP contribution in [0.1, 0.15) is 40.3 Å². The zero-order valence-electron chi connectivity index (χ0n) is 17.2. The van der Waals surface area contributed by atoms with Gasteiger partial charge in [0.2, 0.25) is 0 Å². The van der Waals surface area contributed by atoms with Crippen molar-refractivity contribution in [2.75, 3.05) is 20.2 Å². The van der Waals surface area contributed by atoms with Crippen molar-refractivity contribution in [3.8, 4) is 11.6 Å². The van der Waals surface area contributed by atoms with Gasteiger partial charge < -0.3 is 14.2 Å². The first kappa shape index (κ1) is 19.0. The summed E-state index contributed by atoms with van der Waals surface area (Å²) < 4.78 is 14.9. The Labute approximate surface area is 173 Å². The number of hydrogen-bond donors (Lipinski definition) is 0. The maximum atomic E-state index is 12.4. The molecule has 1 aliphatic heterocycles. The number of fused-ring (bicyclic) bond motifs is 1. The van der Waals surface area contributed by atoms with E-state index in [0.717, 1.165) is 36.7 Å². The Hall–Kier alpha value is -3.01. The van der Waals surface area contributed by atoms with E-state index in [1.54, 1.807) is 36.1 Å². The molecular formula is C20H25N7O3. The van der Waals surface area contributed by atoms with E-state index < -0.39 is 0 Å². The summed E-state index contributed by atoms with van der Waals surface area (Å²) in [6.07, 6.45) is 7.17. The van der Waals surface area contributed by atoms with Gasteiger partial charge in [-0.3, -0.25) is 14.2 Å². The van der Waals surface area contributed by atoms with Crippen LogP contribution in [0.3, 0.4) is 0 Å². The van der Waals surface area contributed by atoms with Gasteiger partial charge in [-0.25, -0.2) is 0 Å². The second-order valence-corrected chi connectivity index (χ2v) is 8.10. The highest BCUT2D eigenvalue weighted by atomic mass is 16.5. The molecule has 158 valence electrons. The van der Waals surface area contributed by atoms with Crippen LogP contribution in [0.4, 0.5) is 0 Å². The number of rotatable bonds is 7. The zero-order chi connectivity index (χ0) is 20.7. The van der Waals surface area contributed by atoms with E-state index in [4.69, 9.17) is 14.4 Å². The number of likely N-dealkylation sites (N-methyl/N-ethyl adjacent to an activating group) is 1. The van der Waals surface area contributed by atoms with Crippen LogP contribution in [0.5, 0.6) is 0 Å². The molecule has 10 heteroatoms. The minimum Gasteiger partial charge on any atom is -0.376 e. The third-order valence-electron chi connectivity index (χ3n) is 5.66. The van der Waals surface area contributed by atoms with Gasteiger partial charge in [0, 0.05) is 57.5 Å². The van der Waals surface area contributed by atoms with Crippen molar-refractivity contribution >= 4 is 5.91 Å². The summed E-state index contributed by atoms with van der Waals surface area (Å²) in [5.41, 5.74) is 3.57. The summed E-state index contributed by atoms with van der Waals surface area (Å²) >= 11 is 0. The fraction of sp³-hybridized carbons (Fsp3) is 0.550. The van der Waals surface area contributed by atoms with Gasteiger partial charge in [-0.1, -0.05) is 5.16 Å². The number of nitrogens with zero attached hydrogens (tertiary/aromatic N) is 7. The van der Waals surface area contributed by atoms with E-state index in [0.29, 0.717) is 36.9 Å².